The van der Waals surface area contributed by atoms with Crippen molar-refractivity contribution < 1.29 is 33.3 Å². The van der Waals surface area contributed by atoms with E-state index in [2.05, 4.69) is 24.1 Å². The molecule has 8 heteroatoms. The summed E-state index contributed by atoms with van der Waals surface area (Å²) in [5.74, 6) is 0.904. The van der Waals surface area contributed by atoms with Crippen LogP contribution in [-0.2, 0) is 24.1 Å². The molecule has 0 aromatic heterocycles. The quantitative estimate of drug-likeness (QED) is 0.251. The van der Waals surface area contributed by atoms with E-state index in [4.69, 9.17) is 23.7 Å². The Labute approximate surface area is 223 Å². The van der Waals surface area contributed by atoms with Gasteiger partial charge in [0, 0.05) is 25.1 Å². The maximum atomic E-state index is 13.7. The molecule has 4 rings (SSSR count). The molecular weight excluding hydrogens is 486 g/mol. The lowest BCUT2D eigenvalue weighted by molar-refractivity contribution is 0.0518. The fourth-order valence-electron chi connectivity index (χ4n) is 4.54. The molecule has 3 aromatic rings. The van der Waals surface area contributed by atoms with Crippen LogP contribution in [0, 0.1) is 0 Å². The molecule has 0 N–H and O–H groups in total. The number of nitrogens with zero attached hydrogens (tertiary/aromatic N) is 1. The van der Waals surface area contributed by atoms with Crippen molar-refractivity contribution in [2.24, 2.45) is 0 Å². The maximum Gasteiger partial charge on any atom is 0.342 e. The number of ether oxygens (including phenoxy) is 5. The van der Waals surface area contributed by atoms with Crippen molar-refractivity contribution in [1.29, 1.82) is 0 Å². The van der Waals surface area contributed by atoms with Crippen LogP contribution in [0.25, 0.3) is 0 Å². The molecule has 8 nitrogen and oxygen atoms in total. The Morgan fingerprint density at radius 2 is 1.66 bits per heavy atom. The summed E-state index contributed by atoms with van der Waals surface area (Å²) in [4.78, 5) is 28.8. The Hall–Kier alpha value is -4.04. The molecule has 1 heterocycles. The molecule has 0 unspecified atom stereocenters. The van der Waals surface area contributed by atoms with E-state index in [1.165, 1.54) is 19.8 Å². The van der Waals surface area contributed by atoms with E-state index in [-0.39, 0.29) is 42.5 Å². The van der Waals surface area contributed by atoms with Crippen molar-refractivity contribution in [1.82, 2.24) is 4.90 Å². The minimum absolute atomic E-state index is 0.0589. The first-order valence-corrected chi connectivity index (χ1v) is 12.5. The van der Waals surface area contributed by atoms with E-state index in [1.54, 1.807) is 19.1 Å². The summed E-state index contributed by atoms with van der Waals surface area (Å²) in [5.41, 5.74) is 3.31. The normalized spacial score (nSPS) is 11.9. The highest BCUT2D eigenvalue weighted by molar-refractivity contribution is 6.09. The van der Waals surface area contributed by atoms with Gasteiger partial charge in [0.2, 0.25) is 6.79 Å². The highest BCUT2D eigenvalue weighted by Gasteiger charge is 2.27. The average Bonchev–Trinajstić information content (AvgIpc) is 3.38. The topological polar surface area (TPSA) is 83.5 Å². The third kappa shape index (κ3) is 6.08. The van der Waals surface area contributed by atoms with Crippen LogP contribution in [-0.4, -0.2) is 57.9 Å². The highest BCUT2D eigenvalue weighted by Crippen LogP contribution is 2.37. The zero-order valence-electron chi connectivity index (χ0n) is 22.2. The lowest BCUT2D eigenvalue weighted by atomic mass is 9.93. The molecule has 1 aliphatic rings. The van der Waals surface area contributed by atoms with E-state index in [0.29, 0.717) is 23.7 Å². The van der Waals surface area contributed by atoms with Gasteiger partial charge in [0.25, 0.3) is 0 Å². The van der Waals surface area contributed by atoms with Gasteiger partial charge in [-0.2, -0.15) is 0 Å². The third-order valence-corrected chi connectivity index (χ3v) is 6.43. The van der Waals surface area contributed by atoms with E-state index >= 15 is 0 Å². The van der Waals surface area contributed by atoms with Gasteiger partial charge < -0.3 is 28.6 Å². The molecule has 1 aliphatic heterocycles. The second kappa shape index (κ2) is 12.5. The summed E-state index contributed by atoms with van der Waals surface area (Å²) in [7, 11) is 4.97. The highest BCUT2D eigenvalue weighted by atomic mass is 16.7. The van der Waals surface area contributed by atoms with Gasteiger partial charge in [0.15, 0.2) is 28.8 Å². The van der Waals surface area contributed by atoms with E-state index in [0.717, 1.165) is 24.2 Å². The Kier molecular flexibility index (Phi) is 8.86. The summed E-state index contributed by atoms with van der Waals surface area (Å²) in [6.45, 7) is 3.60. The zero-order valence-corrected chi connectivity index (χ0v) is 22.2. The second-order valence-corrected chi connectivity index (χ2v) is 8.99. The SMILES string of the molecule is CCOC(=O)c1c(C(=O)Cc2cc3c(cc2CCN(C)Cc2ccccc2)OCO3)ccc(OC)c1OC. The minimum Gasteiger partial charge on any atom is -0.493 e. The van der Waals surface area contributed by atoms with Gasteiger partial charge in [-0.15, -0.1) is 0 Å². The fourth-order valence-corrected chi connectivity index (χ4v) is 4.54. The van der Waals surface area contributed by atoms with Crippen molar-refractivity contribution in [3.8, 4) is 23.0 Å². The average molecular weight is 520 g/mol. The van der Waals surface area contributed by atoms with E-state index in [1.807, 2.05) is 30.3 Å². The van der Waals surface area contributed by atoms with Crippen molar-refractivity contribution >= 4 is 11.8 Å². The summed E-state index contributed by atoms with van der Waals surface area (Å²) < 4.78 is 27.2. The van der Waals surface area contributed by atoms with Crippen LogP contribution in [0.5, 0.6) is 23.0 Å². The largest absolute Gasteiger partial charge is 0.493 e. The first-order chi connectivity index (χ1) is 18.4. The molecule has 0 atom stereocenters. The first-order valence-electron chi connectivity index (χ1n) is 12.5. The molecular formula is C30H33NO7. The number of carbonyl (C=O) groups is 2. The molecule has 0 bridgehead atoms. The number of Topliss-reactive ketones (excluding diaryl/α,β-unsaturated/α-hetero) is 1. The molecule has 200 valence electrons. The number of methoxy groups -OCH3 is 2. The van der Waals surface area contributed by atoms with Gasteiger partial charge in [-0.25, -0.2) is 4.79 Å². The van der Waals surface area contributed by atoms with Crippen molar-refractivity contribution in [2.45, 2.75) is 26.3 Å². The van der Waals surface area contributed by atoms with Crippen molar-refractivity contribution in [3.05, 3.63) is 82.4 Å². The number of esters is 1. The predicted octanol–water partition coefficient (Wildman–Crippen LogP) is 4.71. The Morgan fingerprint density at radius 1 is 0.947 bits per heavy atom. The molecule has 0 aliphatic carbocycles. The maximum absolute atomic E-state index is 13.7. The van der Waals surface area contributed by atoms with Gasteiger partial charge >= 0.3 is 5.97 Å². The lowest BCUT2D eigenvalue weighted by Gasteiger charge is -2.19. The van der Waals surface area contributed by atoms with Crippen LogP contribution in [0.1, 0.15) is 44.3 Å². The monoisotopic (exact) mass is 519 g/mol. The van der Waals surface area contributed by atoms with Gasteiger partial charge in [0.05, 0.1) is 20.8 Å². The number of likely N-dealkylation sites (N-methyl/N-ethyl adjacent to an activating group) is 1. The van der Waals surface area contributed by atoms with Gasteiger partial charge in [0.1, 0.15) is 5.56 Å². The molecule has 3 aromatic carbocycles. The number of carbonyl (C=O) groups excluding carboxylic acids is 2. The van der Waals surface area contributed by atoms with Crippen molar-refractivity contribution in [2.75, 3.05) is 41.2 Å². The minimum atomic E-state index is -0.639. The van der Waals surface area contributed by atoms with Crippen LogP contribution in [0.2, 0.25) is 0 Å². The zero-order chi connectivity index (χ0) is 27.1. The fraction of sp³-hybridized carbons (Fsp3) is 0.333. The van der Waals surface area contributed by atoms with Crippen LogP contribution in [0.4, 0.5) is 0 Å². The number of rotatable bonds is 12. The number of ketones is 1. The molecule has 0 spiro atoms. The molecule has 0 amide bonds. The third-order valence-electron chi connectivity index (χ3n) is 6.43. The first kappa shape index (κ1) is 27.0. The standard InChI is InChI=1S/C30H33NO7/c1-5-36-30(33)28-23(11-12-25(34-3)29(28)35-4)24(32)15-22-17-27-26(37-19-38-27)16-21(22)13-14-31(2)18-20-9-7-6-8-10-20/h6-12,16-17H,5,13-15,18-19H2,1-4H3. The van der Waals surface area contributed by atoms with Crippen molar-refractivity contribution in [3.63, 3.8) is 0 Å². The summed E-state index contributed by atoms with van der Waals surface area (Å²) in [6.07, 6.45) is 0.773. The molecule has 0 fully saturated rings. The van der Waals surface area contributed by atoms with Gasteiger partial charge in [-0.3, -0.25) is 4.79 Å². The summed E-state index contributed by atoms with van der Waals surface area (Å²) in [5, 5.41) is 0. The Balaban J connectivity index is 1.61. The van der Waals surface area contributed by atoms with Gasteiger partial charge in [-0.05, 0) is 61.3 Å². The predicted molar refractivity (Wildman–Crippen MR) is 143 cm³/mol. The van der Waals surface area contributed by atoms with E-state index < -0.39 is 5.97 Å². The molecule has 0 saturated heterocycles. The Morgan fingerprint density at radius 3 is 2.32 bits per heavy atom. The van der Waals surface area contributed by atoms with Crippen LogP contribution in [0.3, 0.4) is 0 Å². The van der Waals surface area contributed by atoms with Crippen LogP contribution < -0.4 is 18.9 Å². The summed E-state index contributed by atoms with van der Waals surface area (Å²) in [6, 6.07) is 17.3. The number of hydrogen-bond acceptors (Lipinski definition) is 8. The molecule has 0 radical (unpaired) electrons. The number of benzene rings is 3. The molecule has 0 saturated carbocycles. The second-order valence-electron chi connectivity index (χ2n) is 8.99. The summed E-state index contributed by atoms with van der Waals surface area (Å²) >= 11 is 0. The van der Waals surface area contributed by atoms with E-state index in [9.17, 15) is 9.59 Å². The van der Waals surface area contributed by atoms with Crippen LogP contribution in [0.15, 0.2) is 54.6 Å². The number of hydrogen-bond donors (Lipinski definition) is 0. The van der Waals surface area contributed by atoms with Crippen LogP contribution >= 0.6 is 0 Å². The lowest BCUT2D eigenvalue weighted by Crippen LogP contribution is -2.21. The Bertz CT molecular complexity index is 1290. The molecule has 38 heavy (non-hydrogen) atoms. The number of fused-ring (bicyclic) bond motifs is 1. The van der Waals surface area contributed by atoms with Gasteiger partial charge in [-0.1, -0.05) is 30.3 Å². The smallest absolute Gasteiger partial charge is 0.342 e.